The largest absolute Gasteiger partial charge is 0.345 e. The standard InChI is InChI=1S/C15H25N3O3S.ClH/c1-5-15(6-2,10-16)17-14(19)12-8-7-11(3)13(9-12)18-22(4,20)21;/h7-9,18H,5-6,10,16H2,1-4H3,(H,17,19);1H. The number of nitrogens with two attached hydrogens (primary N) is 1. The van der Waals surface area contributed by atoms with Crippen molar-refractivity contribution in [1.29, 1.82) is 0 Å². The van der Waals surface area contributed by atoms with E-state index in [1.807, 2.05) is 13.8 Å². The van der Waals surface area contributed by atoms with Gasteiger partial charge >= 0.3 is 0 Å². The summed E-state index contributed by atoms with van der Waals surface area (Å²) < 4.78 is 25.2. The number of hydrogen-bond donors (Lipinski definition) is 3. The third-order valence-corrected chi connectivity index (χ3v) is 4.51. The molecule has 1 rings (SSSR count). The van der Waals surface area contributed by atoms with E-state index in [0.717, 1.165) is 24.7 Å². The molecule has 0 aliphatic carbocycles. The smallest absolute Gasteiger partial charge is 0.251 e. The molecule has 6 nitrogen and oxygen atoms in total. The Labute approximate surface area is 144 Å². The molecule has 0 aliphatic rings. The number of halogens is 1. The summed E-state index contributed by atoms with van der Waals surface area (Å²) in [5, 5.41) is 2.96. The summed E-state index contributed by atoms with van der Waals surface area (Å²) in [4.78, 5) is 12.4. The molecule has 0 unspecified atom stereocenters. The highest BCUT2D eigenvalue weighted by molar-refractivity contribution is 7.92. The Kier molecular flexibility index (Phi) is 8.03. The Hall–Kier alpha value is -1.31. The molecule has 23 heavy (non-hydrogen) atoms. The van der Waals surface area contributed by atoms with E-state index in [1.54, 1.807) is 19.1 Å². The summed E-state index contributed by atoms with van der Waals surface area (Å²) in [5.74, 6) is -0.259. The van der Waals surface area contributed by atoms with Gasteiger partial charge in [-0.25, -0.2) is 8.42 Å². The monoisotopic (exact) mass is 363 g/mol. The van der Waals surface area contributed by atoms with Crippen molar-refractivity contribution < 1.29 is 13.2 Å². The third kappa shape index (κ3) is 6.01. The van der Waals surface area contributed by atoms with Gasteiger partial charge in [-0.15, -0.1) is 12.4 Å². The minimum Gasteiger partial charge on any atom is -0.345 e. The lowest BCUT2D eigenvalue weighted by Crippen LogP contribution is -2.52. The third-order valence-electron chi connectivity index (χ3n) is 3.92. The van der Waals surface area contributed by atoms with E-state index < -0.39 is 15.6 Å². The zero-order valence-electron chi connectivity index (χ0n) is 14.0. The van der Waals surface area contributed by atoms with Crippen molar-refractivity contribution in [2.75, 3.05) is 17.5 Å². The van der Waals surface area contributed by atoms with Crippen LogP contribution in [-0.2, 0) is 10.0 Å². The first-order chi connectivity index (χ1) is 10.2. The van der Waals surface area contributed by atoms with Crippen molar-refractivity contribution in [2.45, 2.75) is 39.2 Å². The van der Waals surface area contributed by atoms with Gasteiger partial charge in [0.1, 0.15) is 0 Å². The fourth-order valence-corrected chi connectivity index (χ4v) is 2.77. The molecule has 1 aromatic carbocycles. The van der Waals surface area contributed by atoms with Crippen LogP contribution in [-0.4, -0.2) is 32.7 Å². The molecule has 4 N–H and O–H groups in total. The average molecular weight is 364 g/mol. The quantitative estimate of drug-likeness (QED) is 0.689. The second-order valence-corrected chi connectivity index (χ2v) is 7.30. The number of carbonyl (C=O) groups excluding carboxylic acids is 1. The van der Waals surface area contributed by atoms with Crippen molar-refractivity contribution in [3.8, 4) is 0 Å². The fourth-order valence-electron chi connectivity index (χ4n) is 2.15. The molecule has 0 radical (unpaired) electrons. The summed E-state index contributed by atoms with van der Waals surface area (Å²) >= 11 is 0. The average Bonchev–Trinajstić information content (AvgIpc) is 2.45. The number of amides is 1. The van der Waals surface area contributed by atoms with Crippen LogP contribution in [0, 0.1) is 6.92 Å². The van der Waals surface area contributed by atoms with Gasteiger partial charge < -0.3 is 11.1 Å². The van der Waals surface area contributed by atoms with Crippen LogP contribution in [0.1, 0.15) is 42.6 Å². The number of anilines is 1. The van der Waals surface area contributed by atoms with E-state index in [0.29, 0.717) is 17.8 Å². The van der Waals surface area contributed by atoms with Crippen molar-refractivity contribution in [3.63, 3.8) is 0 Å². The van der Waals surface area contributed by atoms with Crippen molar-refractivity contribution in [1.82, 2.24) is 5.32 Å². The highest BCUT2D eigenvalue weighted by atomic mass is 35.5. The molecule has 0 aliphatic heterocycles. The van der Waals surface area contributed by atoms with Crippen LogP contribution in [0.15, 0.2) is 18.2 Å². The van der Waals surface area contributed by atoms with Gasteiger partial charge in [0.05, 0.1) is 17.5 Å². The molecular weight excluding hydrogens is 338 g/mol. The molecule has 0 aromatic heterocycles. The Morgan fingerprint density at radius 1 is 1.26 bits per heavy atom. The second-order valence-electron chi connectivity index (χ2n) is 5.55. The van der Waals surface area contributed by atoms with E-state index in [1.165, 1.54) is 6.07 Å². The number of hydrogen-bond acceptors (Lipinski definition) is 4. The van der Waals surface area contributed by atoms with Crippen molar-refractivity contribution in [2.24, 2.45) is 5.73 Å². The van der Waals surface area contributed by atoms with Gasteiger partial charge in [-0.05, 0) is 37.5 Å². The highest BCUT2D eigenvalue weighted by Crippen LogP contribution is 2.20. The number of aryl methyl sites for hydroxylation is 1. The van der Waals surface area contributed by atoms with Crippen LogP contribution in [0.5, 0.6) is 0 Å². The first kappa shape index (κ1) is 21.7. The number of sulfonamides is 1. The summed E-state index contributed by atoms with van der Waals surface area (Å²) in [5.41, 5.74) is 6.90. The lowest BCUT2D eigenvalue weighted by atomic mass is 9.92. The number of benzene rings is 1. The van der Waals surface area contributed by atoms with Crippen LogP contribution in [0.25, 0.3) is 0 Å². The Bertz CT molecular complexity index is 635. The molecule has 0 saturated heterocycles. The molecule has 1 aromatic rings. The summed E-state index contributed by atoms with van der Waals surface area (Å²) in [6, 6.07) is 4.92. The molecule has 0 heterocycles. The molecule has 132 valence electrons. The predicted octanol–water partition coefficient (Wildman–Crippen LogP) is 2.04. The molecule has 0 atom stereocenters. The first-order valence-electron chi connectivity index (χ1n) is 7.27. The summed E-state index contributed by atoms with van der Waals surface area (Å²) in [7, 11) is -3.39. The van der Waals surface area contributed by atoms with Gasteiger partial charge in [0.25, 0.3) is 5.91 Å². The van der Waals surface area contributed by atoms with Crippen LogP contribution in [0.2, 0.25) is 0 Å². The van der Waals surface area contributed by atoms with Crippen LogP contribution in [0.4, 0.5) is 5.69 Å². The molecule has 0 fully saturated rings. The molecule has 0 bridgehead atoms. The second kappa shape index (κ2) is 8.52. The van der Waals surface area contributed by atoms with Crippen LogP contribution >= 0.6 is 12.4 Å². The number of rotatable bonds is 7. The van der Waals surface area contributed by atoms with Gasteiger partial charge in [-0.1, -0.05) is 19.9 Å². The topological polar surface area (TPSA) is 101 Å². The number of nitrogens with one attached hydrogen (secondary N) is 2. The fraction of sp³-hybridized carbons (Fsp3) is 0.533. The van der Waals surface area contributed by atoms with Crippen molar-refractivity contribution in [3.05, 3.63) is 29.3 Å². The van der Waals surface area contributed by atoms with E-state index in [9.17, 15) is 13.2 Å². The minimum atomic E-state index is -3.39. The van der Waals surface area contributed by atoms with Gasteiger partial charge in [-0.3, -0.25) is 9.52 Å². The van der Waals surface area contributed by atoms with E-state index in [2.05, 4.69) is 10.0 Å². The lowest BCUT2D eigenvalue weighted by Gasteiger charge is -2.31. The first-order valence-corrected chi connectivity index (χ1v) is 9.16. The molecular formula is C15H26ClN3O3S. The Morgan fingerprint density at radius 3 is 2.26 bits per heavy atom. The van der Waals surface area contributed by atoms with Gasteiger partial charge in [0, 0.05) is 12.1 Å². The maximum Gasteiger partial charge on any atom is 0.251 e. The Morgan fingerprint density at radius 2 is 1.83 bits per heavy atom. The molecule has 1 amide bonds. The highest BCUT2D eigenvalue weighted by Gasteiger charge is 2.27. The number of carbonyl (C=O) groups is 1. The predicted molar refractivity (Wildman–Crippen MR) is 96.7 cm³/mol. The van der Waals surface area contributed by atoms with E-state index >= 15 is 0 Å². The molecule has 0 saturated carbocycles. The summed E-state index contributed by atoms with van der Waals surface area (Å²) in [6.07, 6.45) is 2.53. The SMILES string of the molecule is CCC(CC)(CN)NC(=O)c1ccc(C)c(NS(C)(=O)=O)c1.Cl. The van der Waals surface area contributed by atoms with Crippen LogP contribution < -0.4 is 15.8 Å². The maximum atomic E-state index is 12.4. The van der Waals surface area contributed by atoms with Crippen LogP contribution in [0.3, 0.4) is 0 Å². The molecule has 0 spiro atoms. The summed E-state index contributed by atoms with van der Waals surface area (Å²) in [6.45, 7) is 6.08. The zero-order valence-corrected chi connectivity index (χ0v) is 15.6. The maximum absolute atomic E-state index is 12.4. The van der Waals surface area contributed by atoms with E-state index in [-0.39, 0.29) is 18.3 Å². The van der Waals surface area contributed by atoms with Gasteiger partial charge in [0.2, 0.25) is 10.0 Å². The zero-order chi connectivity index (χ0) is 17.0. The minimum absolute atomic E-state index is 0. The van der Waals surface area contributed by atoms with Gasteiger partial charge in [0.15, 0.2) is 0 Å². The molecule has 8 heteroatoms. The van der Waals surface area contributed by atoms with Crippen molar-refractivity contribution >= 4 is 34.0 Å². The Balaban J connectivity index is 0.00000484. The van der Waals surface area contributed by atoms with Gasteiger partial charge in [-0.2, -0.15) is 0 Å². The lowest BCUT2D eigenvalue weighted by molar-refractivity contribution is 0.0895. The normalized spacial score (nSPS) is 11.5. The van der Waals surface area contributed by atoms with E-state index in [4.69, 9.17) is 5.73 Å².